The van der Waals surface area contributed by atoms with Crippen LogP contribution in [0.4, 0.5) is 11.4 Å². The Labute approximate surface area is 91.4 Å². The lowest BCUT2D eigenvalue weighted by molar-refractivity contribution is 0.617. The van der Waals surface area contributed by atoms with Gasteiger partial charge in [-0.05, 0) is 27.6 Å². The summed E-state index contributed by atoms with van der Waals surface area (Å²) >= 11 is 1.34. The molecule has 4 nitrogen and oxygen atoms in total. The van der Waals surface area contributed by atoms with Crippen molar-refractivity contribution in [2.24, 2.45) is 0 Å². The molecule has 13 heavy (non-hydrogen) atoms. The van der Waals surface area contributed by atoms with Crippen LogP contribution in [0.5, 0.6) is 0 Å². The smallest absolute Gasteiger partial charge is 0.286 e. The maximum Gasteiger partial charge on any atom is 0.286 e. The van der Waals surface area contributed by atoms with E-state index >= 15 is 0 Å². The van der Waals surface area contributed by atoms with Crippen LogP contribution < -0.4 is 9.81 Å². The number of hydrogen-bond acceptors (Lipinski definition) is 3. The second-order valence-electron chi connectivity index (χ2n) is 2.27. The first-order chi connectivity index (χ1) is 6.01. The molecular formula is C6H8IN2O2PS. The van der Waals surface area contributed by atoms with Crippen LogP contribution in [-0.4, -0.2) is 8.42 Å². The highest BCUT2D eigenvalue weighted by atomic mass is 127. The fraction of sp³-hybridized carbons (Fsp3) is 0. The Kier molecular flexibility index (Phi) is 3.75. The monoisotopic (exact) mass is 330 g/mol. The van der Waals surface area contributed by atoms with E-state index in [4.69, 9.17) is 0 Å². The third-order valence-electron chi connectivity index (χ3n) is 1.27. The van der Waals surface area contributed by atoms with Gasteiger partial charge in [0, 0.05) is 5.69 Å². The highest BCUT2D eigenvalue weighted by molar-refractivity contribution is 14.2. The number of rotatable bonds is 3. The van der Waals surface area contributed by atoms with Gasteiger partial charge in [-0.15, -0.1) is 0 Å². The minimum atomic E-state index is -3.22. The molecular weight excluding hydrogens is 322 g/mol. The van der Waals surface area contributed by atoms with Crippen molar-refractivity contribution >= 4 is 49.2 Å². The first-order valence-corrected chi connectivity index (χ1v) is 7.91. The van der Waals surface area contributed by atoms with Crippen LogP contribution in [0.2, 0.25) is 0 Å². The molecule has 0 heterocycles. The van der Waals surface area contributed by atoms with E-state index in [0.717, 1.165) is 5.69 Å². The molecule has 0 bridgehead atoms. The molecule has 0 aliphatic heterocycles. The van der Waals surface area contributed by atoms with Crippen LogP contribution >= 0.6 is 30.6 Å². The van der Waals surface area contributed by atoms with E-state index in [2.05, 4.69) is 19.2 Å². The Bertz CT molecular complexity index is 395. The second-order valence-corrected chi connectivity index (χ2v) is 7.11. The molecule has 0 saturated carbocycles. The molecule has 0 radical (unpaired) electrons. The summed E-state index contributed by atoms with van der Waals surface area (Å²) in [7, 11) is -0.878. The molecule has 1 atom stereocenters. The third-order valence-corrected chi connectivity index (χ3v) is 2.74. The zero-order chi connectivity index (χ0) is 9.90. The predicted octanol–water partition coefficient (Wildman–Crippen LogP) is 1.98. The van der Waals surface area contributed by atoms with E-state index in [1.165, 1.54) is 21.2 Å². The number of anilines is 2. The highest BCUT2D eigenvalue weighted by Gasteiger charge is 2.03. The molecule has 0 amide bonds. The Morgan fingerprint density at radius 3 is 2.46 bits per heavy atom. The number of nitrogens with one attached hydrogen (secondary N) is 2. The summed E-state index contributed by atoms with van der Waals surface area (Å²) in [5, 5.41) is 2.83. The van der Waals surface area contributed by atoms with Crippen molar-refractivity contribution in [2.45, 2.75) is 0 Å². The second kappa shape index (κ2) is 4.43. The molecule has 0 saturated heterocycles. The Balaban J connectivity index is 2.90. The normalized spacial score (nSPS) is 10.9. The fourth-order valence-corrected chi connectivity index (χ4v) is 2.16. The van der Waals surface area contributed by atoms with Crippen molar-refractivity contribution < 1.29 is 8.42 Å². The molecule has 72 valence electrons. The average Bonchev–Trinajstić information content (AvgIpc) is 2.01. The van der Waals surface area contributed by atoms with Crippen LogP contribution in [0, 0.1) is 0 Å². The van der Waals surface area contributed by atoms with Gasteiger partial charge in [0.1, 0.15) is 0 Å². The van der Waals surface area contributed by atoms with Crippen LogP contribution in [0.15, 0.2) is 24.3 Å². The van der Waals surface area contributed by atoms with Crippen molar-refractivity contribution in [1.82, 2.24) is 0 Å². The van der Waals surface area contributed by atoms with E-state index < -0.39 is 7.19 Å². The van der Waals surface area contributed by atoms with Gasteiger partial charge in [0.2, 0.25) is 0 Å². The molecule has 2 N–H and O–H groups in total. The quantitative estimate of drug-likeness (QED) is 0.506. The van der Waals surface area contributed by atoms with Gasteiger partial charge in [-0.2, -0.15) is 8.42 Å². The molecule has 1 unspecified atom stereocenters. The standard InChI is InChI=1S/C6H8IN2O2PS/c7-13(10,11)9-6-3-1-2-5(4-6)8-12/h1-4,8-9H,12H2. The van der Waals surface area contributed by atoms with Crippen molar-refractivity contribution in [1.29, 1.82) is 0 Å². The third kappa shape index (κ3) is 4.10. The summed E-state index contributed by atoms with van der Waals surface area (Å²) < 4.78 is 24.1. The Morgan fingerprint density at radius 1 is 1.31 bits per heavy atom. The zero-order valence-corrected chi connectivity index (χ0v) is 10.6. The first kappa shape index (κ1) is 11.0. The van der Waals surface area contributed by atoms with Gasteiger partial charge in [-0.1, -0.05) is 6.07 Å². The van der Waals surface area contributed by atoms with Crippen LogP contribution in [0.1, 0.15) is 0 Å². The minimum Gasteiger partial charge on any atom is -0.369 e. The lowest BCUT2D eigenvalue weighted by Gasteiger charge is -2.04. The number of hydrogen-bond donors (Lipinski definition) is 2. The topological polar surface area (TPSA) is 58.2 Å². The fourth-order valence-electron chi connectivity index (χ4n) is 0.813. The lowest BCUT2D eigenvalue weighted by Crippen LogP contribution is -2.03. The first-order valence-electron chi connectivity index (χ1n) is 3.30. The molecule has 0 fully saturated rings. The zero-order valence-electron chi connectivity index (χ0n) is 6.49. The van der Waals surface area contributed by atoms with Gasteiger partial charge in [-0.25, -0.2) is 0 Å². The summed E-state index contributed by atoms with van der Waals surface area (Å²) in [4.78, 5) is 0. The Morgan fingerprint density at radius 2 is 1.92 bits per heavy atom. The van der Waals surface area contributed by atoms with E-state index in [1.807, 2.05) is 6.07 Å². The maximum absolute atomic E-state index is 10.9. The van der Waals surface area contributed by atoms with Gasteiger partial charge in [-0.3, -0.25) is 4.72 Å². The van der Waals surface area contributed by atoms with Crippen molar-refractivity contribution in [3.05, 3.63) is 24.3 Å². The predicted molar refractivity (Wildman–Crippen MR) is 66.3 cm³/mol. The summed E-state index contributed by atoms with van der Waals surface area (Å²) in [6, 6.07) is 6.97. The molecule has 1 aromatic rings. The summed E-state index contributed by atoms with van der Waals surface area (Å²) in [6.45, 7) is 0. The van der Waals surface area contributed by atoms with Gasteiger partial charge in [0.25, 0.3) is 7.19 Å². The summed E-state index contributed by atoms with van der Waals surface area (Å²) in [5.74, 6) is 0. The molecule has 0 aromatic heterocycles. The largest absolute Gasteiger partial charge is 0.369 e. The number of halogens is 1. The van der Waals surface area contributed by atoms with E-state index in [-0.39, 0.29) is 0 Å². The molecule has 0 spiro atoms. The SMILES string of the molecule is O=S(=O)(I)Nc1cccc(NP)c1. The molecule has 0 aliphatic rings. The van der Waals surface area contributed by atoms with Crippen molar-refractivity contribution in [3.8, 4) is 0 Å². The highest BCUT2D eigenvalue weighted by Crippen LogP contribution is 2.18. The number of benzene rings is 1. The van der Waals surface area contributed by atoms with Crippen LogP contribution in [0.25, 0.3) is 0 Å². The minimum absolute atomic E-state index is 0.543. The molecule has 1 aromatic carbocycles. The summed E-state index contributed by atoms with van der Waals surface area (Å²) in [6.07, 6.45) is 0. The van der Waals surface area contributed by atoms with Gasteiger partial charge >= 0.3 is 0 Å². The van der Waals surface area contributed by atoms with E-state index in [0.29, 0.717) is 5.69 Å². The average molecular weight is 330 g/mol. The molecule has 7 heteroatoms. The van der Waals surface area contributed by atoms with E-state index in [1.54, 1.807) is 18.2 Å². The Hall–Kier alpha value is -0.0700. The van der Waals surface area contributed by atoms with Crippen molar-refractivity contribution in [3.63, 3.8) is 0 Å². The van der Waals surface area contributed by atoms with Gasteiger partial charge < -0.3 is 5.09 Å². The van der Waals surface area contributed by atoms with E-state index in [9.17, 15) is 8.42 Å². The maximum atomic E-state index is 10.9. The van der Waals surface area contributed by atoms with Crippen LogP contribution in [-0.2, 0) is 7.19 Å². The lowest BCUT2D eigenvalue weighted by atomic mass is 10.3. The molecule has 1 rings (SSSR count). The summed E-state index contributed by atoms with van der Waals surface area (Å²) in [5.41, 5.74) is 1.37. The van der Waals surface area contributed by atoms with Crippen molar-refractivity contribution in [2.75, 3.05) is 9.81 Å². The van der Waals surface area contributed by atoms with Gasteiger partial charge in [0.05, 0.1) is 26.9 Å². The molecule has 0 aliphatic carbocycles. The van der Waals surface area contributed by atoms with Crippen LogP contribution in [0.3, 0.4) is 0 Å². The van der Waals surface area contributed by atoms with Gasteiger partial charge in [0.15, 0.2) is 0 Å².